The Bertz CT molecular complexity index is 1260. The smallest absolute Gasteiger partial charge is 0.255 e. The summed E-state index contributed by atoms with van der Waals surface area (Å²) < 4.78 is 0. The lowest BCUT2D eigenvalue weighted by molar-refractivity contribution is -0.148. The van der Waals surface area contributed by atoms with Gasteiger partial charge >= 0.3 is 0 Å². The average molecular weight is 514 g/mol. The Kier molecular flexibility index (Phi) is 6.62. The number of primary amides is 1. The second kappa shape index (κ2) is 9.18. The van der Waals surface area contributed by atoms with Crippen LogP contribution < -0.4 is 10.6 Å². The number of nitrogens with two attached hydrogens (primary N) is 1. The van der Waals surface area contributed by atoms with Crippen molar-refractivity contribution in [3.63, 3.8) is 0 Å². The molecule has 1 aromatic rings. The first kappa shape index (κ1) is 26.7. The second-order valence-corrected chi connectivity index (χ2v) is 10.7. The van der Waals surface area contributed by atoms with Gasteiger partial charge in [-0.05, 0) is 62.9 Å². The van der Waals surface area contributed by atoms with E-state index >= 15 is 0 Å². The monoisotopic (exact) mass is 513 g/mol. The minimum atomic E-state index is -2.63. The maximum absolute atomic E-state index is 13.9. The number of phenols is 1. The molecule has 10 nitrogen and oxygen atoms in total. The Balaban J connectivity index is 1.96. The lowest BCUT2D eigenvalue weighted by Crippen LogP contribution is -2.63. The molecule has 10 heteroatoms. The lowest BCUT2D eigenvalue weighted by atomic mass is 9.58. The van der Waals surface area contributed by atoms with E-state index in [9.17, 15) is 34.8 Å². The zero-order chi connectivity index (χ0) is 27.6. The minimum Gasteiger partial charge on any atom is -0.510 e. The van der Waals surface area contributed by atoms with Gasteiger partial charge in [0.2, 0.25) is 5.78 Å². The molecule has 0 fully saturated rings. The van der Waals surface area contributed by atoms with E-state index in [1.54, 1.807) is 14.1 Å². The van der Waals surface area contributed by atoms with E-state index < -0.39 is 58.0 Å². The van der Waals surface area contributed by atoms with Crippen LogP contribution >= 0.6 is 0 Å². The van der Waals surface area contributed by atoms with Crippen molar-refractivity contribution in [3.8, 4) is 5.75 Å². The van der Waals surface area contributed by atoms with Crippen LogP contribution in [0.5, 0.6) is 5.75 Å². The number of hydrogen-bond donors (Lipinski definition) is 5. The number of Topliss-reactive ketones (excluding diaryl/α,β-unsaturated/α-hetero) is 2. The molecule has 3 aliphatic rings. The van der Waals surface area contributed by atoms with Crippen molar-refractivity contribution in [1.82, 2.24) is 4.90 Å². The van der Waals surface area contributed by atoms with Crippen LogP contribution in [0.15, 0.2) is 28.7 Å². The van der Waals surface area contributed by atoms with Gasteiger partial charge in [-0.1, -0.05) is 13.3 Å². The van der Waals surface area contributed by atoms with Gasteiger partial charge in [0.1, 0.15) is 22.8 Å². The number of unbranched alkanes of at least 4 members (excludes halogenated alkanes) is 1. The van der Waals surface area contributed by atoms with E-state index in [4.69, 9.17) is 5.73 Å². The summed E-state index contributed by atoms with van der Waals surface area (Å²) in [5, 5.41) is 45.1. The summed E-state index contributed by atoms with van der Waals surface area (Å²) in [5.74, 6) is -6.37. The molecule has 0 saturated heterocycles. The van der Waals surface area contributed by atoms with Crippen molar-refractivity contribution >= 4 is 23.2 Å². The zero-order valence-electron chi connectivity index (χ0n) is 21.8. The SMILES string of the molecule is CCCCc1cc(N(C)C)c2c(c1O)C(=O)C1=C(O)[C@]3(O)C(=O)C(C(N)=O)=C(O)[C@@H](N(C)C)[C@@H]3C[C@@H]1C2. The van der Waals surface area contributed by atoms with Gasteiger partial charge in [-0.2, -0.15) is 0 Å². The van der Waals surface area contributed by atoms with Gasteiger partial charge in [0.15, 0.2) is 11.4 Å². The number of rotatable bonds is 6. The lowest BCUT2D eigenvalue weighted by Gasteiger charge is -2.50. The highest BCUT2D eigenvalue weighted by atomic mass is 16.3. The van der Waals surface area contributed by atoms with Crippen LogP contribution in [0.25, 0.3) is 0 Å². The van der Waals surface area contributed by atoms with Gasteiger partial charge in [-0.25, -0.2) is 0 Å². The maximum Gasteiger partial charge on any atom is 0.255 e. The minimum absolute atomic E-state index is 0.0538. The summed E-state index contributed by atoms with van der Waals surface area (Å²) in [4.78, 5) is 42.8. The van der Waals surface area contributed by atoms with E-state index in [0.717, 1.165) is 18.5 Å². The van der Waals surface area contributed by atoms with Gasteiger partial charge in [0.25, 0.3) is 5.91 Å². The number of allylic oxidation sites excluding steroid dienone is 1. The largest absolute Gasteiger partial charge is 0.510 e. The van der Waals surface area contributed by atoms with Crippen LogP contribution in [0.4, 0.5) is 5.69 Å². The number of aryl methyl sites for hydroxylation is 1. The molecule has 4 rings (SSSR count). The van der Waals surface area contributed by atoms with E-state index in [1.165, 1.54) is 4.90 Å². The van der Waals surface area contributed by atoms with Crippen molar-refractivity contribution < 1.29 is 34.8 Å². The molecular formula is C27H35N3O7. The summed E-state index contributed by atoms with van der Waals surface area (Å²) in [6.07, 6.45) is 2.58. The van der Waals surface area contributed by atoms with E-state index in [0.29, 0.717) is 17.5 Å². The van der Waals surface area contributed by atoms with Crippen LogP contribution in [0, 0.1) is 11.8 Å². The molecule has 0 radical (unpaired) electrons. The molecule has 6 N–H and O–H groups in total. The number of aromatic hydroxyl groups is 1. The normalized spacial score (nSPS) is 27.3. The van der Waals surface area contributed by atoms with Crippen LogP contribution in [0.1, 0.15) is 47.7 Å². The number of nitrogens with zero attached hydrogens (tertiary/aromatic N) is 2. The summed E-state index contributed by atoms with van der Waals surface area (Å²) in [6.45, 7) is 2.02. The number of fused-ring (bicyclic) bond motifs is 3. The number of aliphatic hydroxyl groups is 3. The first-order chi connectivity index (χ1) is 17.3. The fourth-order valence-corrected chi connectivity index (χ4v) is 6.31. The molecule has 0 unspecified atom stereocenters. The van der Waals surface area contributed by atoms with Gasteiger partial charge in [0.05, 0.1) is 11.6 Å². The molecule has 200 valence electrons. The molecule has 3 aliphatic carbocycles. The molecule has 0 aliphatic heterocycles. The molecule has 1 aromatic carbocycles. The van der Waals surface area contributed by atoms with Crippen molar-refractivity contribution in [1.29, 1.82) is 0 Å². The van der Waals surface area contributed by atoms with Crippen molar-refractivity contribution in [2.45, 2.75) is 50.7 Å². The summed E-state index contributed by atoms with van der Waals surface area (Å²) in [5.41, 5.74) is 3.84. The van der Waals surface area contributed by atoms with Crippen LogP contribution in [-0.2, 0) is 22.4 Å². The predicted octanol–water partition coefficient (Wildman–Crippen LogP) is 1.53. The fraction of sp³-hybridized carbons (Fsp3) is 0.519. The van der Waals surface area contributed by atoms with E-state index in [-0.39, 0.29) is 29.7 Å². The van der Waals surface area contributed by atoms with Gasteiger partial charge in [-0.3, -0.25) is 19.3 Å². The second-order valence-electron chi connectivity index (χ2n) is 10.7. The molecule has 0 saturated carbocycles. The molecule has 0 bridgehead atoms. The Labute approximate surface area is 215 Å². The number of hydrogen-bond acceptors (Lipinski definition) is 9. The van der Waals surface area contributed by atoms with Gasteiger partial charge in [0, 0.05) is 31.3 Å². The number of ketones is 2. The number of likely N-dealkylation sites (N-methyl/N-ethyl adjacent to an activating group) is 1. The number of carbonyl (C=O) groups excluding carboxylic acids is 3. The molecule has 0 spiro atoms. The number of aliphatic hydroxyl groups excluding tert-OH is 2. The first-order valence-electron chi connectivity index (χ1n) is 12.5. The number of amides is 1. The molecule has 1 amide bonds. The van der Waals surface area contributed by atoms with Gasteiger partial charge in [-0.15, -0.1) is 0 Å². The highest BCUT2D eigenvalue weighted by Gasteiger charge is 2.63. The van der Waals surface area contributed by atoms with E-state index in [1.807, 2.05) is 32.0 Å². The molecule has 0 heterocycles. The van der Waals surface area contributed by atoms with Crippen LogP contribution in [0.3, 0.4) is 0 Å². The average Bonchev–Trinajstić information content (AvgIpc) is 2.80. The molecule has 0 aromatic heterocycles. The third-order valence-electron chi connectivity index (χ3n) is 8.06. The first-order valence-corrected chi connectivity index (χ1v) is 12.5. The molecule has 37 heavy (non-hydrogen) atoms. The topological polar surface area (TPSA) is 165 Å². The van der Waals surface area contributed by atoms with Crippen molar-refractivity contribution in [3.05, 3.63) is 45.4 Å². The molecule has 4 atom stereocenters. The number of carbonyl (C=O) groups is 3. The third kappa shape index (κ3) is 3.73. The van der Waals surface area contributed by atoms with Crippen LogP contribution in [-0.4, -0.2) is 82.6 Å². The Hall–Kier alpha value is -3.37. The van der Waals surface area contributed by atoms with E-state index in [2.05, 4.69) is 0 Å². The number of phenolic OH excluding ortho intramolecular Hbond substituents is 1. The Morgan fingerprint density at radius 1 is 1.16 bits per heavy atom. The van der Waals surface area contributed by atoms with Crippen LogP contribution in [0.2, 0.25) is 0 Å². The highest BCUT2D eigenvalue weighted by molar-refractivity contribution is 6.24. The standard InChI is InChI=1S/C27H35N3O7/c1-6-7-8-12-11-16(29(2)3)14-9-13-10-15-20(30(4)5)23(33)19(26(28)36)25(35)27(15,37)24(34)17(13)22(32)18(14)21(12)31/h11,13,15,20,31,33-34,37H,6-10H2,1-5H3,(H2,28,36)/t13-,15-,20-,27-/m0/s1. The van der Waals surface area contributed by atoms with Crippen molar-refractivity contribution in [2.24, 2.45) is 17.6 Å². The summed E-state index contributed by atoms with van der Waals surface area (Å²) >= 11 is 0. The number of anilines is 1. The summed E-state index contributed by atoms with van der Waals surface area (Å²) in [6, 6.07) is 0.870. The third-order valence-corrected chi connectivity index (χ3v) is 8.06. The Morgan fingerprint density at radius 3 is 2.35 bits per heavy atom. The quantitative estimate of drug-likeness (QED) is 0.355. The molecular weight excluding hydrogens is 478 g/mol. The van der Waals surface area contributed by atoms with Gasteiger partial charge < -0.3 is 31.1 Å². The number of benzene rings is 1. The summed E-state index contributed by atoms with van der Waals surface area (Å²) in [7, 11) is 6.90. The van der Waals surface area contributed by atoms with Crippen molar-refractivity contribution in [2.75, 3.05) is 33.1 Å². The predicted molar refractivity (Wildman–Crippen MR) is 137 cm³/mol. The Morgan fingerprint density at radius 2 is 1.81 bits per heavy atom. The highest BCUT2D eigenvalue weighted by Crippen LogP contribution is 2.53. The zero-order valence-corrected chi connectivity index (χ0v) is 21.8. The fourth-order valence-electron chi connectivity index (χ4n) is 6.31. The maximum atomic E-state index is 13.9.